The topological polar surface area (TPSA) is 79.3 Å². The van der Waals surface area contributed by atoms with Crippen LogP contribution in [0.25, 0.3) is 0 Å². The van der Waals surface area contributed by atoms with Crippen molar-refractivity contribution in [1.82, 2.24) is 9.96 Å². The summed E-state index contributed by atoms with van der Waals surface area (Å²) in [7, 11) is 0. The Morgan fingerprint density at radius 3 is 2.67 bits per heavy atom. The van der Waals surface area contributed by atoms with Crippen LogP contribution in [0.15, 0.2) is 0 Å². The van der Waals surface area contributed by atoms with Gasteiger partial charge in [-0.05, 0) is 31.6 Å². The summed E-state index contributed by atoms with van der Waals surface area (Å²) in [5, 5.41) is 11.7. The number of fused-ring (bicyclic) bond motifs is 1. The van der Waals surface area contributed by atoms with E-state index < -0.39 is 5.60 Å². The second kappa shape index (κ2) is 6.28. The molecule has 0 unspecified atom stereocenters. The van der Waals surface area contributed by atoms with Gasteiger partial charge in [0.25, 0.3) is 0 Å². The minimum Gasteiger partial charge on any atom is -0.389 e. The van der Waals surface area contributed by atoms with Crippen LogP contribution in [0.1, 0.15) is 38.5 Å². The second-order valence-corrected chi connectivity index (χ2v) is 7.74. The predicted octanol–water partition coefficient (Wildman–Crippen LogP) is 0.319. The molecule has 3 heterocycles. The summed E-state index contributed by atoms with van der Waals surface area (Å²) in [6.07, 6.45) is 4.02. The summed E-state index contributed by atoms with van der Waals surface area (Å²) in [6.45, 7) is 3.09. The third-order valence-corrected chi connectivity index (χ3v) is 6.02. The van der Waals surface area contributed by atoms with Crippen LogP contribution in [0.4, 0.5) is 0 Å². The van der Waals surface area contributed by atoms with Gasteiger partial charge in [0, 0.05) is 25.4 Å². The zero-order valence-electron chi connectivity index (χ0n) is 14.0. The highest BCUT2D eigenvalue weighted by atomic mass is 16.7. The molecule has 7 nitrogen and oxygen atoms in total. The Labute approximate surface area is 141 Å². The van der Waals surface area contributed by atoms with E-state index in [4.69, 9.17) is 9.57 Å². The Kier molecular flexibility index (Phi) is 4.26. The first kappa shape index (κ1) is 16.3. The third-order valence-electron chi connectivity index (χ3n) is 6.02. The molecule has 4 rings (SSSR count). The molecule has 1 N–H and O–H groups in total. The molecule has 0 aromatic rings. The maximum atomic E-state index is 12.4. The van der Waals surface area contributed by atoms with Gasteiger partial charge in [0.2, 0.25) is 11.8 Å². The van der Waals surface area contributed by atoms with Crippen molar-refractivity contribution >= 4 is 11.8 Å². The van der Waals surface area contributed by atoms with Crippen LogP contribution in [0.3, 0.4) is 0 Å². The molecular weight excluding hydrogens is 312 g/mol. The second-order valence-electron chi connectivity index (χ2n) is 7.74. The predicted molar refractivity (Wildman–Crippen MR) is 83.6 cm³/mol. The Balaban J connectivity index is 1.31. The lowest BCUT2D eigenvalue weighted by Crippen LogP contribution is -2.43. The summed E-state index contributed by atoms with van der Waals surface area (Å²) < 4.78 is 5.84. The fourth-order valence-corrected chi connectivity index (χ4v) is 4.34. The number of nitrogens with zero attached hydrogens (tertiary/aromatic N) is 2. The van der Waals surface area contributed by atoms with Crippen LogP contribution in [0.2, 0.25) is 0 Å². The highest BCUT2D eigenvalue weighted by molar-refractivity contribution is 5.78. The lowest BCUT2D eigenvalue weighted by atomic mass is 9.77. The molecule has 0 bridgehead atoms. The number of hydrogen-bond acceptors (Lipinski definition) is 5. The van der Waals surface area contributed by atoms with Gasteiger partial charge in [-0.1, -0.05) is 0 Å². The van der Waals surface area contributed by atoms with Crippen molar-refractivity contribution in [3.05, 3.63) is 0 Å². The van der Waals surface area contributed by atoms with Crippen molar-refractivity contribution in [2.45, 2.75) is 50.2 Å². The van der Waals surface area contributed by atoms with E-state index in [0.29, 0.717) is 39.3 Å². The van der Waals surface area contributed by atoms with Gasteiger partial charge < -0.3 is 14.7 Å². The number of ether oxygens (including phenoxy) is 1. The van der Waals surface area contributed by atoms with Gasteiger partial charge in [-0.2, -0.15) is 0 Å². The Bertz CT molecular complexity index is 515. The SMILES string of the molecule is O=C(CC1(O)CCC1)N1C[C@@H]2[C@H](CC(=O)N3CCCO3)CO[C@@H]2C1. The fraction of sp³-hybridized carbons (Fsp3) is 0.882. The molecule has 2 amide bonds. The smallest absolute Gasteiger partial charge is 0.246 e. The van der Waals surface area contributed by atoms with Gasteiger partial charge in [-0.15, -0.1) is 0 Å². The maximum absolute atomic E-state index is 12.4. The highest BCUT2D eigenvalue weighted by Crippen LogP contribution is 2.39. The number of hydroxylamine groups is 2. The van der Waals surface area contributed by atoms with Crippen molar-refractivity contribution < 1.29 is 24.3 Å². The number of rotatable bonds is 4. The van der Waals surface area contributed by atoms with Crippen LogP contribution < -0.4 is 0 Å². The van der Waals surface area contributed by atoms with E-state index in [1.54, 1.807) is 0 Å². The molecule has 4 fully saturated rings. The Hall–Kier alpha value is -1.18. The molecule has 3 saturated heterocycles. The van der Waals surface area contributed by atoms with E-state index in [2.05, 4.69) is 0 Å². The number of carbonyl (C=O) groups is 2. The number of amides is 2. The van der Waals surface area contributed by atoms with Gasteiger partial charge >= 0.3 is 0 Å². The number of aliphatic hydroxyl groups is 1. The van der Waals surface area contributed by atoms with Crippen LogP contribution in [-0.2, 0) is 19.2 Å². The molecule has 0 spiro atoms. The summed E-state index contributed by atoms with van der Waals surface area (Å²) >= 11 is 0. The van der Waals surface area contributed by atoms with Gasteiger partial charge in [0.1, 0.15) is 0 Å². The van der Waals surface area contributed by atoms with Crippen LogP contribution in [-0.4, -0.2) is 71.4 Å². The summed E-state index contributed by atoms with van der Waals surface area (Å²) in [6, 6.07) is 0. The number of likely N-dealkylation sites (tertiary alicyclic amines) is 1. The van der Waals surface area contributed by atoms with Gasteiger partial charge in [-0.3, -0.25) is 14.4 Å². The molecular formula is C17H26N2O5. The minimum absolute atomic E-state index is 0.0168. The van der Waals surface area contributed by atoms with Gasteiger partial charge in [0.15, 0.2) is 0 Å². The molecule has 0 aromatic carbocycles. The zero-order chi connectivity index (χ0) is 16.7. The Morgan fingerprint density at radius 1 is 1.17 bits per heavy atom. The summed E-state index contributed by atoms with van der Waals surface area (Å²) in [5.74, 6) is 0.409. The first-order chi connectivity index (χ1) is 11.5. The molecule has 0 radical (unpaired) electrons. The fourth-order valence-electron chi connectivity index (χ4n) is 4.34. The van der Waals surface area contributed by atoms with Crippen molar-refractivity contribution in [2.75, 3.05) is 32.8 Å². The average Bonchev–Trinajstić information content (AvgIpc) is 3.23. The first-order valence-electron chi connectivity index (χ1n) is 9.09. The quantitative estimate of drug-likeness (QED) is 0.799. The monoisotopic (exact) mass is 338 g/mol. The number of hydrogen-bond donors (Lipinski definition) is 1. The van der Waals surface area contributed by atoms with E-state index >= 15 is 0 Å². The lowest BCUT2D eigenvalue weighted by Gasteiger charge is -2.37. The van der Waals surface area contributed by atoms with E-state index in [0.717, 1.165) is 25.7 Å². The number of carbonyl (C=O) groups excluding carboxylic acids is 2. The molecule has 4 aliphatic rings. The van der Waals surface area contributed by atoms with E-state index in [1.807, 2.05) is 4.90 Å². The molecule has 3 aliphatic heterocycles. The van der Waals surface area contributed by atoms with E-state index in [1.165, 1.54) is 5.06 Å². The van der Waals surface area contributed by atoms with Gasteiger partial charge in [0.05, 0.1) is 37.9 Å². The van der Waals surface area contributed by atoms with Crippen molar-refractivity contribution in [1.29, 1.82) is 0 Å². The summed E-state index contributed by atoms with van der Waals surface area (Å²) in [4.78, 5) is 31.8. The Morgan fingerprint density at radius 2 is 2.00 bits per heavy atom. The van der Waals surface area contributed by atoms with Crippen molar-refractivity contribution in [3.63, 3.8) is 0 Å². The molecule has 3 atom stereocenters. The maximum Gasteiger partial charge on any atom is 0.246 e. The van der Waals surface area contributed by atoms with Crippen LogP contribution >= 0.6 is 0 Å². The van der Waals surface area contributed by atoms with Crippen LogP contribution in [0.5, 0.6) is 0 Å². The molecule has 24 heavy (non-hydrogen) atoms. The molecule has 0 aromatic heterocycles. The van der Waals surface area contributed by atoms with E-state index in [-0.39, 0.29) is 36.2 Å². The largest absolute Gasteiger partial charge is 0.389 e. The highest BCUT2D eigenvalue weighted by Gasteiger charge is 2.47. The third kappa shape index (κ3) is 3.05. The zero-order valence-corrected chi connectivity index (χ0v) is 14.0. The molecule has 7 heteroatoms. The van der Waals surface area contributed by atoms with Gasteiger partial charge in [-0.25, -0.2) is 5.06 Å². The molecule has 134 valence electrons. The summed E-state index contributed by atoms with van der Waals surface area (Å²) in [5.41, 5.74) is -0.780. The standard InChI is InChI=1S/C17H26N2O5/c20-15(19-5-2-6-24-19)7-12-11-23-14-10-18(9-13(12)14)16(21)8-17(22)3-1-4-17/h12-14,22H,1-11H2/t12-,13-,14-/m1/s1. The first-order valence-corrected chi connectivity index (χ1v) is 9.09. The van der Waals surface area contributed by atoms with Crippen molar-refractivity contribution in [2.24, 2.45) is 11.8 Å². The molecule has 1 aliphatic carbocycles. The lowest BCUT2D eigenvalue weighted by molar-refractivity contribution is -0.170. The normalized spacial score (nSPS) is 34.3. The van der Waals surface area contributed by atoms with E-state index in [9.17, 15) is 14.7 Å². The van der Waals surface area contributed by atoms with Crippen LogP contribution in [0, 0.1) is 11.8 Å². The van der Waals surface area contributed by atoms with Crippen molar-refractivity contribution in [3.8, 4) is 0 Å². The molecule has 1 saturated carbocycles. The minimum atomic E-state index is -0.780. The average molecular weight is 338 g/mol.